The summed E-state index contributed by atoms with van der Waals surface area (Å²) in [7, 11) is 1.56. The number of imide groups is 1. The highest BCUT2D eigenvalue weighted by molar-refractivity contribution is 9.10. The van der Waals surface area contributed by atoms with Gasteiger partial charge >= 0.3 is 0 Å². The van der Waals surface area contributed by atoms with Gasteiger partial charge in [-0.25, -0.2) is 0 Å². The number of amides is 2. The van der Waals surface area contributed by atoms with Crippen LogP contribution in [0.25, 0.3) is 6.08 Å². The minimum Gasteiger partial charge on any atom is -0.493 e. The SMILES string of the molecule is COc1cc(/C=C2\SC(=O)N(Cc3cccc(C)c3)C2=O)cc(Br)c1OCc1ccncc1. The van der Waals surface area contributed by atoms with Crippen LogP contribution in [-0.2, 0) is 17.9 Å². The first-order valence-electron chi connectivity index (χ1n) is 10.1. The highest BCUT2D eigenvalue weighted by atomic mass is 79.9. The number of aryl methyl sites for hydroxylation is 1. The van der Waals surface area contributed by atoms with Gasteiger partial charge in [0.2, 0.25) is 0 Å². The summed E-state index contributed by atoms with van der Waals surface area (Å²) >= 11 is 4.47. The summed E-state index contributed by atoms with van der Waals surface area (Å²) in [6.45, 7) is 2.58. The van der Waals surface area contributed by atoms with Gasteiger partial charge in [0.05, 0.1) is 23.0 Å². The standard InChI is InChI=1S/C25H21BrN2O4S/c1-16-4-3-5-18(10-16)14-28-24(29)22(33-25(28)30)13-19-11-20(26)23(21(12-19)31-2)32-15-17-6-8-27-9-7-17/h3-13H,14-15H2,1-2H3/b22-13-. The van der Waals surface area contributed by atoms with E-state index >= 15 is 0 Å². The maximum atomic E-state index is 12.9. The number of ether oxygens (including phenoxy) is 2. The summed E-state index contributed by atoms with van der Waals surface area (Å²) in [4.78, 5) is 31.1. The van der Waals surface area contributed by atoms with E-state index in [-0.39, 0.29) is 17.7 Å². The summed E-state index contributed by atoms with van der Waals surface area (Å²) in [5.41, 5.74) is 3.69. The predicted molar refractivity (Wildman–Crippen MR) is 132 cm³/mol. The molecule has 2 aromatic carbocycles. The maximum absolute atomic E-state index is 12.9. The average Bonchev–Trinajstić information content (AvgIpc) is 3.06. The number of benzene rings is 2. The molecule has 0 bridgehead atoms. The highest BCUT2D eigenvalue weighted by Gasteiger charge is 2.35. The molecular weight excluding hydrogens is 504 g/mol. The van der Waals surface area contributed by atoms with Gasteiger partial charge in [-0.1, -0.05) is 29.8 Å². The predicted octanol–water partition coefficient (Wildman–Crippen LogP) is 5.98. The van der Waals surface area contributed by atoms with Gasteiger partial charge in [-0.15, -0.1) is 0 Å². The molecule has 0 aliphatic carbocycles. The zero-order chi connectivity index (χ0) is 23.4. The summed E-state index contributed by atoms with van der Waals surface area (Å²) in [5, 5.41) is -0.281. The summed E-state index contributed by atoms with van der Waals surface area (Å²) in [6, 6.07) is 15.1. The molecule has 1 aliphatic heterocycles. The second-order valence-electron chi connectivity index (χ2n) is 7.44. The van der Waals surface area contributed by atoms with Crippen LogP contribution < -0.4 is 9.47 Å². The zero-order valence-corrected chi connectivity index (χ0v) is 20.5. The van der Waals surface area contributed by atoms with Crippen LogP contribution in [0, 0.1) is 6.92 Å². The van der Waals surface area contributed by atoms with Crippen molar-refractivity contribution in [3.8, 4) is 11.5 Å². The maximum Gasteiger partial charge on any atom is 0.293 e. The molecule has 1 aliphatic rings. The van der Waals surface area contributed by atoms with E-state index in [2.05, 4.69) is 20.9 Å². The third-order valence-electron chi connectivity index (χ3n) is 4.98. The number of halogens is 1. The van der Waals surface area contributed by atoms with Gasteiger partial charge in [0.15, 0.2) is 11.5 Å². The van der Waals surface area contributed by atoms with Crippen molar-refractivity contribution in [2.24, 2.45) is 0 Å². The minimum absolute atomic E-state index is 0.248. The molecule has 6 nitrogen and oxygen atoms in total. The van der Waals surface area contributed by atoms with E-state index in [1.54, 1.807) is 31.6 Å². The third-order valence-corrected chi connectivity index (χ3v) is 6.48. The normalized spacial score (nSPS) is 14.8. The molecule has 1 aromatic heterocycles. The Balaban J connectivity index is 1.54. The fourth-order valence-electron chi connectivity index (χ4n) is 3.38. The van der Waals surface area contributed by atoms with Crippen molar-refractivity contribution < 1.29 is 19.1 Å². The number of thioether (sulfide) groups is 1. The number of hydrogen-bond donors (Lipinski definition) is 0. The Bertz CT molecular complexity index is 1230. The van der Waals surface area contributed by atoms with E-state index in [0.717, 1.165) is 34.0 Å². The number of aromatic nitrogens is 1. The van der Waals surface area contributed by atoms with Gasteiger partial charge in [-0.3, -0.25) is 19.5 Å². The molecule has 0 radical (unpaired) electrons. The van der Waals surface area contributed by atoms with Crippen molar-refractivity contribution in [1.82, 2.24) is 9.88 Å². The van der Waals surface area contributed by atoms with Gasteiger partial charge in [-0.05, 0) is 81.6 Å². The Hall–Kier alpha value is -3.10. The summed E-state index contributed by atoms with van der Waals surface area (Å²) in [5.74, 6) is 0.766. The first kappa shape index (κ1) is 23.1. The molecule has 3 aromatic rings. The number of carbonyl (C=O) groups is 2. The smallest absolute Gasteiger partial charge is 0.293 e. The fourth-order valence-corrected chi connectivity index (χ4v) is 4.79. The van der Waals surface area contributed by atoms with E-state index < -0.39 is 0 Å². The van der Waals surface area contributed by atoms with Gasteiger partial charge < -0.3 is 9.47 Å². The van der Waals surface area contributed by atoms with Gasteiger partial charge in [-0.2, -0.15) is 0 Å². The van der Waals surface area contributed by atoms with Crippen LogP contribution in [0.5, 0.6) is 11.5 Å². The van der Waals surface area contributed by atoms with Crippen molar-refractivity contribution >= 4 is 44.9 Å². The first-order chi connectivity index (χ1) is 15.9. The third kappa shape index (κ3) is 5.46. The second kappa shape index (κ2) is 10.2. The zero-order valence-electron chi connectivity index (χ0n) is 18.1. The van der Waals surface area contributed by atoms with E-state index in [4.69, 9.17) is 9.47 Å². The molecule has 0 unspecified atom stereocenters. The topological polar surface area (TPSA) is 68.7 Å². The second-order valence-corrected chi connectivity index (χ2v) is 9.28. The van der Waals surface area contributed by atoms with Crippen LogP contribution in [-0.4, -0.2) is 28.1 Å². The lowest BCUT2D eigenvalue weighted by Crippen LogP contribution is -2.27. The van der Waals surface area contributed by atoms with Crippen LogP contribution in [0.3, 0.4) is 0 Å². The molecule has 2 heterocycles. The number of rotatable bonds is 7. The Morgan fingerprint density at radius 1 is 1.09 bits per heavy atom. The Kier molecular flexibility index (Phi) is 7.15. The molecule has 4 rings (SSSR count). The van der Waals surface area contributed by atoms with Crippen LogP contribution in [0.4, 0.5) is 4.79 Å². The molecule has 0 atom stereocenters. The number of hydrogen-bond acceptors (Lipinski definition) is 6. The van der Waals surface area contributed by atoms with Crippen LogP contribution in [0.2, 0.25) is 0 Å². The molecular formula is C25H21BrN2O4S. The lowest BCUT2D eigenvalue weighted by molar-refractivity contribution is -0.123. The van der Waals surface area contributed by atoms with Crippen molar-refractivity contribution in [3.63, 3.8) is 0 Å². The Morgan fingerprint density at radius 3 is 2.61 bits per heavy atom. The molecule has 168 valence electrons. The van der Waals surface area contributed by atoms with Crippen LogP contribution >= 0.6 is 27.7 Å². The van der Waals surface area contributed by atoms with E-state index in [1.807, 2.05) is 49.4 Å². The van der Waals surface area contributed by atoms with Crippen molar-refractivity contribution in [2.45, 2.75) is 20.1 Å². The Labute approximate surface area is 204 Å². The minimum atomic E-state index is -0.306. The molecule has 33 heavy (non-hydrogen) atoms. The lowest BCUT2D eigenvalue weighted by Gasteiger charge is -2.14. The van der Waals surface area contributed by atoms with Crippen molar-refractivity contribution in [2.75, 3.05) is 7.11 Å². The highest BCUT2D eigenvalue weighted by Crippen LogP contribution is 2.39. The number of pyridine rings is 1. The molecule has 0 spiro atoms. The number of nitrogens with zero attached hydrogens (tertiary/aromatic N) is 2. The number of carbonyl (C=O) groups excluding carboxylic acids is 2. The fraction of sp³-hybridized carbons (Fsp3) is 0.160. The molecule has 0 N–H and O–H groups in total. The van der Waals surface area contributed by atoms with Crippen molar-refractivity contribution in [1.29, 1.82) is 0 Å². The quantitative estimate of drug-likeness (QED) is 0.354. The van der Waals surface area contributed by atoms with Gasteiger partial charge in [0.25, 0.3) is 11.1 Å². The molecule has 1 fully saturated rings. The summed E-state index contributed by atoms with van der Waals surface area (Å²) in [6.07, 6.45) is 5.11. The van der Waals surface area contributed by atoms with Crippen molar-refractivity contribution in [3.05, 3.63) is 92.6 Å². The van der Waals surface area contributed by atoms with E-state index in [0.29, 0.717) is 27.5 Å². The Morgan fingerprint density at radius 2 is 1.88 bits per heavy atom. The molecule has 0 saturated carbocycles. The van der Waals surface area contributed by atoms with E-state index in [1.165, 1.54) is 4.90 Å². The molecule has 1 saturated heterocycles. The van der Waals surface area contributed by atoms with Crippen LogP contribution in [0.15, 0.2) is 70.3 Å². The van der Waals surface area contributed by atoms with E-state index in [9.17, 15) is 9.59 Å². The molecule has 2 amide bonds. The van der Waals surface area contributed by atoms with Gasteiger partial charge in [0, 0.05) is 12.4 Å². The average molecular weight is 525 g/mol. The van der Waals surface area contributed by atoms with Gasteiger partial charge in [0.1, 0.15) is 6.61 Å². The monoisotopic (exact) mass is 524 g/mol. The number of methoxy groups -OCH3 is 1. The molecule has 8 heteroatoms. The first-order valence-corrected chi connectivity index (χ1v) is 11.8. The largest absolute Gasteiger partial charge is 0.493 e. The summed E-state index contributed by atoms with van der Waals surface area (Å²) < 4.78 is 12.1. The van der Waals surface area contributed by atoms with Crippen LogP contribution in [0.1, 0.15) is 22.3 Å². The lowest BCUT2D eigenvalue weighted by atomic mass is 10.1.